The largest absolute Gasteiger partial charge is 0.481 e. The van der Waals surface area contributed by atoms with Gasteiger partial charge < -0.3 is 22.3 Å². The van der Waals surface area contributed by atoms with E-state index >= 15 is 0 Å². The van der Waals surface area contributed by atoms with Crippen LogP contribution in [-0.2, 0) is 4.79 Å². The number of nitrogens with two attached hydrogens (primary N) is 3. The van der Waals surface area contributed by atoms with E-state index in [1.165, 1.54) is 0 Å². The monoisotopic (exact) mass is 247 g/mol. The summed E-state index contributed by atoms with van der Waals surface area (Å²) in [6.45, 7) is 1.08. The summed E-state index contributed by atoms with van der Waals surface area (Å²) in [7, 11) is 0. The van der Waals surface area contributed by atoms with E-state index < -0.39 is 11.9 Å². The van der Waals surface area contributed by atoms with Crippen LogP contribution < -0.4 is 17.2 Å². The van der Waals surface area contributed by atoms with E-state index in [9.17, 15) is 4.79 Å². The topological polar surface area (TPSA) is 158 Å². The molecule has 7 N–H and O–H groups in total. The van der Waals surface area contributed by atoms with Crippen LogP contribution in [0.4, 0.5) is 11.6 Å². The van der Waals surface area contributed by atoms with Crippen LogP contribution in [0.1, 0.15) is 17.4 Å². The lowest BCUT2D eigenvalue weighted by molar-refractivity contribution is -0.134. The van der Waals surface area contributed by atoms with Crippen molar-refractivity contribution in [3.8, 4) is 0 Å². The predicted molar refractivity (Wildman–Crippen MR) is 57.7 cm³/mol. The molecule has 0 bridgehead atoms. The average Bonchev–Trinajstić information content (AvgIpc) is 2.09. The SMILES string of the molecule is CC(=O)O.NC(=O)c1nc(Cl)c(N)nc1N. The molecule has 1 heterocycles. The van der Waals surface area contributed by atoms with Crippen molar-refractivity contribution in [1.82, 2.24) is 9.97 Å². The van der Waals surface area contributed by atoms with E-state index in [0.29, 0.717) is 0 Å². The van der Waals surface area contributed by atoms with E-state index in [0.717, 1.165) is 6.92 Å². The van der Waals surface area contributed by atoms with Crippen molar-refractivity contribution in [1.29, 1.82) is 0 Å². The lowest BCUT2D eigenvalue weighted by Gasteiger charge is -2.01. The number of carbonyl (C=O) groups is 2. The Balaban J connectivity index is 0.000000487. The van der Waals surface area contributed by atoms with Gasteiger partial charge in [-0.15, -0.1) is 0 Å². The second kappa shape index (κ2) is 5.71. The molecule has 8 nitrogen and oxygen atoms in total. The zero-order valence-corrected chi connectivity index (χ0v) is 9.02. The highest BCUT2D eigenvalue weighted by Crippen LogP contribution is 2.16. The number of anilines is 2. The van der Waals surface area contributed by atoms with Crippen LogP contribution in [0.25, 0.3) is 0 Å². The maximum Gasteiger partial charge on any atom is 0.300 e. The molecule has 0 saturated heterocycles. The minimum Gasteiger partial charge on any atom is -0.481 e. The smallest absolute Gasteiger partial charge is 0.300 e. The number of halogens is 1. The highest BCUT2D eigenvalue weighted by molar-refractivity contribution is 6.31. The molecule has 9 heteroatoms. The van der Waals surface area contributed by atoms with Crippen molar-refractivity contribution in [2.75, 3.05) is 11.5 Å². The number of nitrogen functional groups attached to an aromatic ring is 2. The highest BCUT2D eigenvalue weighted by atomic mass is 35.5. The summed E-state index contributed by atoms with van der Waals surface area (Å²) in [6.07, 6.45) is 0. The first-order chi connectivity index (χ1) is 7.25. The molecule has 0 spiro atoms. The van der Waals surface area contributed by atoms with Crippen molar-refractivity contribution >= 4 is 35.1 Å². The Morgan fingerprint density at radius 2 is 1.69 bits per heavy atom. The van der Waals surface area contributed by atoms with Crippen LogP contribution in [0.2, 0.25) is 5.15 Å². The van der Waals surface area contributed by atoms with E-state index in [2.05, 4.69) is 9.97 Å². The van der Waals surface area contributed by atoms with Gasteiger partial charge in [-0.25, -0.2) is 9.97 Å². The molecule has 16 heavy (non-hydrogen) atoms. The maximum atomic E-state index is 10.6. The Morgan fingerprint density at radius 3 is 2.06 bits per heavy atom. The Bertz CT molecular complexity index is 419. The number of carboxylic acids is 1. The number of aromatic nitrogens is 2. The number of amides is 1. The van der Waals surface area contributed by atoms with E-state index in [1.54, 1.807) is 0 Å². The molecule has 0 atom stereocenters. The van der Waals surface area contributed by atoms with Crippen LogP contribution >= 0.6 is 11.6 Å². The molecule has 0 aliphatic heterocycles. The second-order valence-electron chi connectivity index (χ2n) is 2.52. The van der Waals surface area contributed by atoms with Gasteiger partial charge in [0.15, 0.2) is 22.5 Å². The fourth-order valence-corrected chi connectivity index (χ4v) is 0.750. The quantitative estimate of drug-likeness (QED) is 0.520. The first-order valence-electron chi connectivity index (χ1n) is 3.83. The van der Waals surface area contributed by atoms with Crippen molar-refractivity contribution in [3.05, 3.63) is 10.8 Å². The van der Waals surface area contributed by atoms with E-state index in [1.807, 2.05) is 0 Å². The third-order valence-corrected chi connectivity index (χ3v) is 1.42. The van der Waals surface area contributed by atoms with Gasteiger partial charge in [-0.2, -0.15) is 0 Å². The van der Waals surface area contributed by atoms with Crippen molar-refractivity contribution in [2.45, 2.75) is 6.92 Å². The molecule has 0 saturated carbocycles. The van der Waals surface area contributed by atoms with Crippen molar-refractivity contribution in [3.63, 3.8) is 0 Å². The summed E-state index contributed by atoms with van der Waals surface area (Å²) in [4.78, 5) is 26.7. The zero-order valence-electron chi connectivity index (χ0n) is 8.27. The van der Waals surface area contributed by atoms with Crippen LogP contribution in [-0.4, -0.2) is 27.0 Å². The van der Waals surface area contributed by atoms with E-state index in [4.69, 9.17) is 38.7 Å². The molecular weight excluding hydrogens is 238 g/mol. The number of aliphatic carboxylic acids is 1. The average molecular weight is 248 g/mol. The Hall–Kier alpha value is -2.09. The lowest BCUT2D eigenvalue weighted by Crippen LogP contribution is -2.17. The Kier molecular flexibility index (Phi) is 4.96. The second-order valence-corrected chi connectivity index (χ2v) is 2.87. The molecule has 0 aliphatic carbocycles. The number of rotatable bonds is 1. The number of carbonyl (C=O) groups excluding carboxylic acids is 1. The number of nitrogens with zero attached hydrogens (tertiary/aromatic N) is 2. The van der Waals surface area contributed by atoms with Gasteiger partial charge in [-0.1, -0.05) is 11.6 Å². The van der Waals surface area contributed by atoms with Gasteiger partial charge in [0.1, 0.15) is 0 Å². The molecule has 0 aliphatic rings. The molecular formula is C7H10ClN5O3. The third-order valence-electron chi connectivity index (χ3n) is 1.14. The third kappa shape index (κ3) is 4.42. The Morgan fingerprint density at radius 1 is 1.25 bits per heavy atom. The van der Waals surface area contributed by atoms with Crippen molar-refractivity contribution < 1.29 is 14.7 Å². The molecule has 0 aromatic carbocycles. The minimum absolute atomic E-state index is 0.0285. The molecule has 1 aromatic rings. The fraction of sp³-hybridized carbons (Fsp3) is 0.143. The van der Waals surface area contributed by atoms with Gasteiger partial charge in [-0.05, 0) is 0 Å². The molecule has 88 valence electrons. The Labute approximate surface area is 95.4 Å². The standard InChI is InChI=1S/C5H6ClN5O.C2H4O2/c6-2-4(8)11-3(7)1(10-2)5(9)12;1-2(3)4/h(H2,9,12)(H4,7,8,11);1H3,(H,3,4). The summed E-state index contributed by atoms with van der Waals surface area (Å²) in [6, 6.07) is 0. The lowest BCUT2D eigenvalue weighted by atomic mass is 10.4. The zero-order chi connectivity index (χ0) is 12.9. The normalized spacial score (nSPS) is 8.88. The van der Waals surface area contributed by atoms with Crippen molar-refractivity contribution in [2.24, 2.45) is 5.73 Å². The van der Waals surface area contributed by atoms with Crippen LogP contribution in [0, 0.1) is 0 Å². The maximum absolute atomic E-state index is 10.6. The van der Waals surface area contributed by atoms with Gasteiger partial charge in [0.05, 0.1) is 0 Å². The molecule has 0 unspecified atom stereocenters. The predicted octanol–water partition coefficient (Wildman–Crippen LogP) is -0.516. The minimum atomic E-state index is -0.833. The molecule has 1 rings (SSSR count). The summed E-state index contributed by atoms with van der Waals surface area (Å²) < 4.78 is 0. The van der Waals surface area contributed by atoms with Crippen LogP contribution in [0.3, 0.4) is 0 Å². The molecule has 0 radical (unpaired) electrons. The van der Waals surface area contributed by atoms with Gasteiger partial charge in [0.25, 0.3) is 11.9 Å². The highest BCUT2D eigenvalue weighted by Gasteiger charge is 2.11. The number of primary amides is 1. The van der Waals surface area contributed by atoms with Gasteiger partial charge in [-0.3, -0.25) is 9.59 Å². The summed E-state index contributed by atoms with van der Waals surface area (Å²) in [5, 5.41) is 7.33. The fourth-order valence-electron chi connectivity index (χ4n) is 0.623. The van der Waals surface area contributed by atoms with E-state index in [-0.39, 0.29) is 22.5 Å². The van der Waals surface area contributed by atoms with Crippen LogP contribution in [0.5, 0.6) is 0 Å². The summed E-state index contributed by atoms with van der Waals surface area (Å²) in [5.74, 6) is -1.77. The number of hydrogen-bond acceptors (Lipinski definition) is 6. The number of carboxylic acid groups (broad SMARTS) is 1. The van der Waals surface area contributed by atoms with Gasteiger partial charge in [0.2, 0.25) is 0 Å². The summed E-state index contributed by atoms with van der Waals surface area (Å²) >= 11 is 5.47. The number of hydrogen-bond donors (Lipinski definition) is 4. The van der Waals surface area contributed by atoms with Gasteiger partial charge in [0, 0.05) is 6.92 Å². The first-order valence-corrected chi connectivity index (χ1v) is 4.21. The first kappa shape index (κ1) is 13.9. The summed E-state index contributed by atoms with van der Waals surface area (Å²) in [5.41, 5.74) is 15.3. The van der Waals surface area contributed by atoms with Crippen LogP contribution in [0.15, 0.2) is 0 Å². The molecule has 1 amide bonds. The van der Waals surface area contributed by atoms with Gasteiger partial charge >= 0.3 is 0 Å². The molecule has 0 fully saturated rings. The molecule has 1 aromatic heterocycles.